The molecule has 18 heavy (non-hydrogen) atoms. The van der Waals surface area contributed by atoms with Crippen LogP contribution in [0.4, 0.5) is 0 Å². The van der Waals surface area contributed by atoms with Crippen LogP contribution in [0.3, 0.4) is 0 Å². The van der Waals surface area contributed by atoms with Gasteiger partial charge in [-0.3, -0.25) is 0 Å². The number of hydrogen-bond acceptors (Lipinski definition) is 3. The van der Waals surface area contributed by atoms with E-state index in [9.17, 15) is 0 Å². The molecule has 3 nitrogen and oxygen atoms in total. The Balaban J connectivity index is 1.50. The first-order valence-electron chi connectivity index (χ1n) is 6.73. The van der Waals surface area contributed by atoms with E-state index in [4.69, 9.17) is 14.2 Å². The van der Waals surface area contributed by atoms with Crippen LogP contribution in [-0.2, 0) is 9.47 Å². The second kappa shape index (κ2) is 2.91. The van der Waals surface area contributed by atoms with Gasteiger partial charge in [0.2, 0.25) is 0 Å². The molecule has 5 rings (SSSR count). The summed E-state index contributed by atoms with van der Waals surface area (Å²) in [6, 6.07) is 8.55. The average Bonchev–Trinajstić information content (AvgIpc) is 3.00. The Labute approximate surface area is 106 Å². The van der Waals surface area contributed by atoms with Crippen LogP contribution in [0, 0.1) is 17.3 Å². The van der Waals surface area contributed by atoms with Crippen molar-refractivity contribution >= 4 is 0 Å². The van der Waals surface area contributed by atoms with Crippen LogP contribution < -0.4 is 4.74 Å². The smallest absolute Gasteiger partial charge is 0.118 e. The summed E-state index contributed by atoms with van der Waals surface area (Å²) in [5.74, 6) is 2.96. The van der Waals surface area contributed by atoms with Crippen LogP contribution in [0.15, 0.2) is 24.3 Å². The van der Waals surface area contributed by atoms with E-state index in [1.54, 1.807) is 7.11 Å². The van der Waals surface area contributed by atoms with Crippen molar-refractivity contribution in [3.63, 3.8) is 0 Å². The summed E-state index contributed by atoms with van der Waals surface area (Å²) in [4.78, 5) is 0. The van der Waals surface area contributed by atoms with Crippen LogP contribution in [0.5, 0.6) is 5.75 Å². The molecule has 4 fully saturated rings. The standard InChI is InChI=1S/C15H16O3/c1-16-9-4-2-8(3-5-9)11-10-6-17-7-15(10)12(11)13-14(15)18-13/h2-5,10-14H,6-7H2,1H3/t10-,11-,12+,13+,14+,15?/m0/s1. The Hall–Kier alpha value is -1.06. The van der Waals surface area contributed by atoms with Crippen molar-refractivity contribution in [2.24, 2.45) is 17.3 Å². The topological polar surface area (TPSA) is 31.0 Å². The van der Waals surface area contributed by atoms with Gasteiger partial charge in [-0.05, 0) is 23.6 Å². The third kappa shape index (κ3) is 0.865. The molecule has 2 aliphatic carbocycles. The zero-order chi connectivity index (χ0) is 11.9. The molecule has 1 unspecified atom stereocenters. The van der Waals surface area contributed by atoms with Gasteiger partial charge >= 0.3 is 0 Å². The maximum absolute atomic E-state index is 5.81. The lowest BCUT2D eigenvalue weighted by molar-refractivity contribution is -0.0974. The van der Waals surface area contributed by atoms with Crippen LogP contribution in [0.1, 0.15) is 11.5 Å². The van der Waals surface area contributed by atoms with Crippen LogP contribution in [-0.4, -0.2) is 32.5 Å². The SMILES string of the molecule is COc1ccc([C@@H]2[C@@H]3[C@H]4O[C@H]4C34COC[C@@H]24)cc1. The lowest BCUT2D eigenvalue weighted by Gasteiger charge is -2.61. The number of fused-ring (bicyclic) bond motifs is 2. The lowest BCUT2D eigenvalue weighted by Crippen LogP contribution is -2.67. The summed E-state index contributed by atoms with van der Waals surface area (Å²) in [6.07, 6.45) is 1.07. The minimum absolute atomic E-state index is 0.398. The fourth-order valence-electron chi connectivity index (χ4n) is 4.84. The first kappa shape index (κ1) is 9.82. The van der Waals surface area contributed by atoms with Gasteiger partial charge in [-0.15, -0.1) is 0 Å². The van der Waals surface area contributed by atoms with E-state index in [0.717, 1.165) is 19.0 Å². The van der Waals surface area contributed by atoms with Crippen molar-refractivity contribution in [2.45, 2.75) is 18.1 Å². The Morgan fingerprint density at radius 2 is 2.11 bits per heavy atom. The minimum Gasteiger partial charge on any atom is -0.497 e. The molecule has 3 heteroatoms. The van der Waals surface area contributed by atoms with E-state index < -0.39 is 0 Å². The van der Waals surface area contributed by atoms with E-state index in [1.807, 2.05) is 0 Å². The predicted octanol–water partition coefficient (Wildman–Crippen LogP) is 1.82. The summed E-state index contributed by atoms with van der Waals surface area (Å²) < 4.78 is 16.8. The van der Waals surface area contributed by atoms with E-state index in [2.05, 4.69) is 24.3 Å². The Morgan fingerprint density at radius 3 is 2.89 bits per heavy atom. The molecule has 1 aromatic carbocycles. The lowest BCUT2D eigenvalue weighted by atomic mass is 9.37. The largest absolute Gasteiger partial charge is 0.497 e. The van der Waals surface area contributed by atoms with Crippen molar-refractivity contribution in [2.75, 3.05) is 20.3 Å². The zero-order valence-electron chi connectivity index (χ0n) is 10.3. The molecule has 4 aliphatic rings. The summed E-state index contributed by atoms with van der Waals surface area (Å²) in [5.41, 5.74) is 1.83. The van der Waals surface area contributed by atoms with Crippen molar-refractivity contribution in [1.82, 2.24) is 0 Å². The molecule has 94 valence electrons. The van der Waals surface area contributed by atoms with E-state index in [0.29, 0.717) is 35.4 Å². The second-order valence-corrected chi connectivity index (χ2v) is 6.08. The molecule has 0 N–H and O–H groups in total. The molecule has 1 spiro atoms. The van der Waals surface area contributed by atoms with Crippen molar-refractivity contribution < 1.29 is 14.2 Å². The van der Waals surface area contributed by atoms with Crippen molar-refractivity contribution in [1.29, 1.82) is 0 Å². The summed E-state index contributed by atoms with van der Waals surface area (Å²) in [5, 5.41) is 0. The quantitative estimate of drug-likeness (QED) is 0.744. The first-order valence-corrected chi connectivity index (χ1v) is 6.73. The number of hydrogen-bond donors (Lipinski definition) is 0. The monoisotopic (exact) mass is 244 g/mol. The Morgan fingerprint density at radius 1 is 1.28 bits per heavy atom. The molecule has 2 heterocycles. The summed E-state index contributed by atoms with van der Waals surface area (Å²) in [6.45, 7) is 1.84. The zero-order valence-corrected chi connectivity index (χ0v) is 10.3. The fraction of sp³-hybridized carbons (Fsp3) is 0.600. The second-order valence-electron chi connectivity index (χ2n) is 6.08. The molecular formula is C15H16O3. The van der Waals surface area contributed by atoms with Gasteiger partial charge in [0.25, 0.3) is 0 Å². The van der Waals surface area contributed by atoms with Gasteiger partial charge in [-0.1, -0.05) is 12.1 Å². The van der Waals surface area contributed by atoms with E-state index >= 15 is 0 Å². The Kier molecular flexibility index (Phi) is 1.59. The van der Waals surface area contributed by atoms with Crippen LogP contribution in [0.2, 0.25) is 0 Å². The number of ether oxygens (including phenoxy) is 3. The van der Waals surface area contributed by atoms with Crippen LogP contribution in [0.25, 0.3) is 0 Å². The number of benzene rings is 1. The minimum atomic E-state index is 0.398. The summed E-state index contributed by atoms with van der Waals surface area (Å²) in [7, 11) is 1.71. The third-order valence-electron chi connectivity index (χ3n) is 5.69. The average molecular weight is 244 g/mol. The van der Waals surface area contributed by atoms with E-state index in [1.165, 1.54) is 5.56 Å². The molecule has 0 bridgehead atoms. The van der Waals surface area contributed by atoms with Gasteiger partial charge in [0.1, 0.15) is 5.75 Å². The predicted molar refractivity (Wildman–Crippen MR) is 64.6 cm³/mol. The van der Waals surface area contributed by atoms with Crippen LogP contribution >= 0.6 is 0 Å². The van der Waals surface area contributed by atoms with E-state index in [-0.39, 0.29) is 0 Å². The number of epoxide rings is 1. The van der Waals surface area contributed by atoms with Crippen molar-refractivity contribution in [3.8, 4) is 5.75 Å². The van der Waals surface area contributed by atoms with Gasteiger partial charge in [0.05, 0.1) is 32.5 Å². The highest BCUT2D eigenvalue weighted by atomic mass is 16.6. The van der Waals surface area contributed by atoms with Gasteiger partial charge in [-0.2, -0.15) is 0 Å². The molecular weight excluding hydrogens is 228 g/mol. The first-order chi connectivity index (χ1) is 8.86. The molecule has 2 aliphatic heterocycles. The summed E-state index contributed by atoms with van der Waals surface area (Å²) >= 11 is 0. The fourth-order valence-corrected chi connectivity index (χ4v) is 4.84. The molecule has 2 saturated heterocycles. The number of methoxy groups -OCH3 is 1. The normalized spacial score (nSPS) is 50.4. The molecule has 0 radical (unpaired) electrons. The number of rotatable bonds is 2. The highest BCUT2D eigenvalue weighted by Crippen LogP contribution is 2.80. The maximum Gasteiger partial charge on any atom is 0.118 e. The molecule has 0 aromatic heterocycles. The maximum atomic E-state index is 5.81. The molecule has 2 saturated carbocycles. The highest BCUT2D eigenvalue weighted by molar-refractivity contribution is 5.42. The van der Waals surface area contributed by atoms with Gasteiger partial charge < -0.3 is 14.2 Å². The highest BCUT2D eigenvalue weighted by Gasteiger charge is 2.86. The molecule has 6 atom stereocenters. The molecule has 0 amide bonds. The molecule has 1 aromatic rings. The van der Waals surface area contributed by atoms with Crippen molar-refractivity contribution in [3.05, 3.63) is 29.8 Å². The van der Waals surface area contributed by atoms with Gasteiger partial charge in [-0.25, -0.2) is 0 Å². The Bertz CT molecular complexity index is 503. The van der Waals surface area contributed by atoms with Gasteiger partial charge in [0.15, 0.2) is 0 Å². The van der Waals surface area contributed by atoms with Gasteiger partial charge in [0, 0.05) is 17.3 Å². The third-order valence-corrected chi connectivity index (χ3v) is 5.69.